The third-order valence-electron chi connectivity index (χ3n) is 4.49. The second kappa shape index (κ2) is 11.3. The summed E-state index contributed by atoms with van der Waals surface area (Å²) in [5.74, 6) is 1.57. The number of nitrogens with one attached hydrogen (secondary N) is 2. The Morgan fingerprint density at radius 3 is 2.75 bits per heavy atom. The van der Waals surface area contributed by atoms with E-state index in [1.807, 2.05) is 36.1 Å². The number of hydrogen-bond acceptors (Lipinski definition) is 4. The molecule has 0 spiro atoms. The summed E-state index contributed by atoms with van der Waals surface area (Å²) in [6, 6.07) is 9.94. The maximum atomic E-state index is 12.6. The molecule has 0 radical (unpaired) electrons. The predicted octanol–water partition coefficient (Wildman–Crippen LogP) is 3.01. The van der Waals surface area contributed by atoms with Crippen molar-refractivity contribution in [1.29, 1.82) is 0 Å². The average Bonchev–Trinajstić information content (AvgIpc) is 3.18. The summed E-state index contributed by atoms with van der Waals surface area (Å²) in [6.07, 6.45) is 0.949. The van der Waals surface area contributed by atoms with Crippen LogP contribution in [-0.2, 0) is 24.3 Å². The highest BCUT2D eigenvalue weighted by molar-refractivity contribution is 14.0. The van der Waals surface area contributed by atoms with Gasteiger partial charge in [0.05, 0.1) is 20.2 Å². The van der Waals surface area contributed by atoms with Crippen molar-refractivity contribution < 1.29 is 9.53 Å². The predicted molar refractivity (Wildman–Crippen MR) is 125 cm³/mol. The van der Waals surface area contributed by atoms with Crippen molar-refractivity contribution in [2.75, 3.05) is 26.7 Å². The van der Waals surface area contributed by atoms with Gasteiger partial charge in [0.25, 0.3) is 0 Å². The van der Waals surface area contributed by atoms with E-state index in [0.717, 1.165) is 30.8 Å². The second-order valence-corrected chi connectivity index (χ2v) is 7.33. The molecule has 2 N–H and O–H groups in total. The van der Waals surface area contributed by atoms with Crippen molar-refractivity contribution in [3.8, 4) is 5.75 Å². The molecule has 0 atom stereocenters. The Morgan fingerprint density at radius 2 is 2.04 bits per heavy atom. The smallest absolute Gasteiger partial charge is 0.242 e. The topological polar surface area (TPSA) is 66.0 Å². The molecule has 0 saturated carbocycles. The van der Waals surface area contributed by atoms with Gasteiger partial charge in [0.1, 0.15) is 5.75 Å². The fourth-order valence-electron chi connectivity index (χ4n) is 2.98. The number of benzene rings is 1. The van der Waals surface area contributed by atoms with Gasteiger partial charge in [-0.2, -0.15) is 0 Å². The molecule has 0 saturated heterocycles. The number of carbonyl (C=O) groups excluding carboxylic acids is 1. The average molecular weight is 514 g/mol. The number of amides is 1. The number of nitrogens with zero attached hydrogens (tertiary/aromatic N) is 2. The zero-order valence-corrected chi connectivity index (χ0v) is 19.4. The van der Waals surface area contributed by atoms with E-state index < -0.39 is 0 Å². The van der Waals surface area contributed by atoms with Crippen LogP contribution in [0.3, 0.4) is 0 Å². The molecule has 8 heteroatoms. The zero-order valence-electron chi connectivity index (χ0n) is 16.2. The summed E-state index contributed by atoms with van der Waals surface area (Å²) in [5.41, 5.74) is 2.36. The lowest BCUT2D eigenvalue weighted by molar-refractivity contribution is -0.130. The minimum Gasteiger partial charge on any atom is -0.497 e. The van der Waals surface area contributed by atoms with Crippen molar-refractivity contribution in [2.45, 2.75) is 26.4 Å². The van der Waals surface area contributed by atoms with Gasteiger partial charge < -0.3 is 20.3 Å². The Morgan fingerprint density at radius 1 is 1.25 bits per heavy atom. The lowest BCUT2D eigenvalue weighted by Crippen LogP contribution is -2.45. The second-order valence-electron chi connectivity index (χ2n) is 6.33. The highest BCUT2D eigenvalue weighted by atomic mass is 127. The Hall–Kier alpha value is -1.81. The first-order valence-corrected chi connectivity index (χ1v) is 10.1. The molecule has 2 aromatic rings. The lowest BCUT2D eigenvalue weighted by atomic mass is 10.1. The van der Waals surface area contributed by atoms with Crippen LogP contribution in [0.4, 0.5) is 0 Å². The van der Waals surface area contributed by atoms with E-state index in [4.69, 9.17) is 4.74 Å². The van der Waals surface area contributed by atoms with Crippen molar-refractivity contribution in [3.05, 3.63) is 51.7 Å². The van der Waals surface area contributed by atoms with E-state index in [-0.39, 0.29) is 36.4 Å². The van der Waals surface area contributed by atoms with Crippen LogP contribution in [-0.4, -0.2) is 43.5 Å². The number of aliphatic imine (C=N–C) groups is 1. The first-order chi connectivity index (χ1) is 13.2. The summed E-state index contributed by atoms with van der Waals surface area (Å²) in [6.45, 7) is 5.02. The number of carbonyl (C=O) groups is 1. The summed E-state index contributed by atoms with van der Waals surface area (Å²) >= 11 is 1.78. The van der Waals surface area contributed by atoms with Crippen LogP contribution in [0.1, 0.15) is 22.9 Å². The van der Waals surface area contributed by atoms with Gasteiger partial charge in [-0.25, -0.2) is 4.99 Å². The molecule has 1 amide bonds. The Balaban J connectivity index is 0.00000280. The van der Waals surface area contributed by atoms with Crippen LogP contribution < -0.4 is 15.4 Å². The van der Waals surface area contributed by atoms with E-state index in [1.54, 1.807) is 18.4 Å². The number of guanidine groups is 1. The number of ether oxygens (including phenoxy) is 1. The summed E-state index contributed by atoms with van der Waals surface area (Å²) < 4.78 is 5.17. The Kier molecular flexibility index (Phi) is 9.04. The summed E-state index contributed by atoms with van der Waals surface area (Å²) in [4.78, 5) is 20.4. The molecule has 152 valence electrons. The van der Waals surface area contributed by atoms with Crippen molar-refractivity contribution in [1.82, 2.24) is 15.5 Å². The highest BCUT2D eigenvalue weighted by Gasteiger charge is 2.21. The van der Waals surface area contributed by atoms with Gasteiger partial charge in [-0.3, -0.25) is 4.79 Å². The summed E-state index contributed by atoms with van der Waals surface area (Å²) in [5, 5.41) is 8.45. The number of methoxy groups -OCH3 is 1. The fraction of sp³-hybridized carbons (Fsp3) is 0.400. The zero-order chi connectivity index (χ0) is 19.1. The van der Waals surface area contributed by atoms with Gasteiger partial charge in [-0.1, -0.05) is 12.1 Å². The number of thiophene rings is 1. The molecule has 0 bridgehead atoms. The van der Waals surface area contributed by atoms with Crippen molar-refractivity contribution in [2.24, 2.45) is 4.99 Å². The first-order valence-electron chi connectivity index (χ1n) is 9.17. The van der Waals surface area contributed by atoms with Gasteiger partial charge >= 0.3 is 0 Å². The molecular weight excluding hydrogens is 487 g/mol. The number of halogens is 1. The molecule has 0 fully saturated rings. The number of hydrogen-bond donors (Lipinski definition) is 2. The van der Waals surface area contributed by atoms with Gasteiger partial charge in [-0.15, -0.1) is 35.3 Å². The van der Waals surface area contributed by atoms with Gasteiger partial charge in [0, 0.05) is 24.5 Å². The summed E-state index contributed by atoms with van der Waals surface area (Å²) in [7, 11) is 1.65. The van der Waals surface area contributed by atoms with E-state index in [9.17, 15) is 4.79 Å². The van der Waals surface area contributed by atoms with E-state index in [2.05, 4.69) is 27.1 Å². The van der Waals surface area contributed by atoms with Crippen LogP contribution >= 0.6 is 35.3 Å². The maximum absolute atomic E-state index is 12.6. The number of fused-ring (bicyclic) bond motifs is 1. The van der Waals surface area contributed by atoms with Gasteiger partial charge in [0.15, 0.2) is 5.96 Å². The van der Waals surface area contributed by atoms with Crippen molar-refractivity contribution >= 4 is 47.2 Å². The molecule has 0 unspecified atom stereocenters. The first kappa shape index (κ1) is 22.5. The van der Waals surface area contributed by atoms with Gasteiger partial charge in [0.2, 0.25) is 5.91 Å². The minimum atomic E-state index is 0. The van der Waals surface area contributed by atoms with Crippen LogP contribution in [0.5, 0.6) is 5.75 Å². The van der Waals surface area contributed by atoms with Crippen LogP contribution in [0.2, 0.25) is 0 Å². The quantitative estimate of drug-likeness (QED) is 0.354. The van der Waals surface area contributed by atoms with Crippen LogP contribution in [0.15, 0.2) is 40.7 Å². The maximum Gasteiger partial charge on any atom is 0.242 e. The molecular formula is C20H27IN4O2S. The molecule has 1 aliphatic rings. The number of rotatable bonds is 6. The SMILES string of the molecule is CCNC(=NCc1ccc(OC)cc1)NCC(=O)N1CCc2sccc2C1.I. The van der Waals surface area contributed by atoms with Crippen LogP contribution in [0, 0.1) is 0 Å². The molecule has 1 aromatic carbocycles. The molecule has 28 heavy (non-hydrogen) atoms. The largest absolute Gasteiger partial charge is 0.497 e. The van der Waals surface area contributed by atoms with Gasteiger partial charge in [-0.05, 0) is 48.1 Å². The molecule has 6 nitrogen and oxygen atoms in total. The molecule has 0 aliphatic carbocycles. The van der Waals surface area contributed by atoms with E-state index in [1.165, 1.54) is 10.4 Å². The monoisotopic (exact) mass is 514 g/mol. The molecule has 1 aromatic heterocycles. The lowest BCUT2D eigenvalue weighted by Gasteiger charge is -2.27. The Labute approximate surface area is 187 Å². The Bertz CT molecular complexity index is 792. The van der Waals surface area contributed by atoms with E-state index >= 15 is 0 Å². The minimum absolute atomic E-state index is 0. The molecule has 3 rings (SSSR count). The molecule has 2 heterocycles. The standard InChI is InChI=1S/C20H26N4O2S.HI/c1-3-21-20(22-12-15-4-6-17(26-2)7-5-15)23-13-19(25)24-10-8-18-16(14-24)9-11-27-18;/h4-7,9,11H,3,8,10,12-14H2,1-2H3,(H2,21,22,23);1H. The third-order valence-corrected chi connectivity index (χ3v) is 5.51. The normalized spacial score (nSPS) is 13.4. The fourth-order valence-corrected chi connectivity index (χ4v) is 3.87. The third kappa shape index (κ3) is 6.10. The van der Waals surface area contributed by atoms with E-state index in [0.29, 0.717) is 19.0 Å². The van der Waals surface area contributed by atoms with Crippen molar-refractivity contribution in [3.63, 3.8) is 0 Å². The highest BCUT2D eigenvalue weighted by Crippen LogP contribution is 2.23. The van der Waals surface area contributed by atoms with Crippen LogP contribution in [0.25, 0.3) is 0 Å². The molecule has 1 aliphatic heterocycles.